The van der Waals surface area contributed by atoms with Gasteiger partial charge in [0.05, 0.1) is 24.1 Å². The Morgan fingerprint density at radius 1 is 1.07 bits per heavy atom. The monoisotopic (exact) mass is 387 g/mol. The van der Waals surface area contributed by atoms with Gasteiger partial charge in [0.25, 0.3) is 0 Å². The van der Waals surface area contributed by atoms with Crippen molar-refractivity contribution in [3.05, 3.63) is 70.9 Å². The van der Waals surface area contributed by atoms with E-state index in [0.717, 1.165) is 41.5 Å². The minimum atomic E-state index is -4.43. The SMILES string of the molecule is COc1ccc(CCc2nn(-c3ccccc3C(F)(F)F)c3c2CCN3)cc1. The molecule has 0 bridgehead atoms. The molecule has 146 valence electrons. The lowest BCUT2D eigenvalue weighted by Gasteiger charge is -2.14. The van der Waals surface area contributed by atoms with Crippen molar-refractivity contribution in [3.63, 3.8) is 0 Å². The molecule has 3 aromatic rings. The number of methoxy groups -OCH3 is 1. The molecular formula is C21H20F3N3O. The normalized spacial score (nSPS) is 13.3. The van der Waals surface area contributed by atoms with Crippen molar-refractivity contribution >= 4 is 5.82 Å². The van der Waals surface area contributed by atoms with E-state index in [9.17, 15) is 13.2 Å². The van der Waals surface area contributed by atoms with Crippen LogP contribution in [0.1, 0.15) is 22.4 Å². The lowest BCUT2D eigenvalue weighted by Crippen LogP contribution is -2.13. The van der Waals surface area contributed by atoms with Crippen LogP contribution in [0.2, 0.25) is 0 Å². The summed E-state index contributed by atoms with van der Waals surface area (Å²) in [7, 11) is 1.62. The lowest BCUT2D eigenvalue weighted by molar-refractivity contribution is -0.137. The number of nitrogens with zero attached hydrogens (tertiary/aromatic N) is 2. The lowest BCUT2D eigenvalue weighted by atomic mass is 10.1. The predicted octanol–water partition coefficient (Wildman–Crippen LogP) is 4.65. The number of nitrogens with one attached hydrogen (secondary N) is 1. The molecule has 0 amide bonds. The van der Waals surface area contributed by atoms with Gasteiger partial charge in [0.1, 0.15) is 11.6 Å². The van der Waals surface area contributed by atoms with Gasteiger partial charge in [-0.25, -0.2) is 4.68 Å². The van der Waals surface area contributed by atoms with E-state index in [0.29, 0.717) is 18.8 Å². The number of hydrogen-bond acceptors (Lipinski definition) is 3. The second-order valence-corrected chi connectivity index (χ2v) is 6.73. The molecule has 0 spiro atoms. The van der Waals surface area contributed by atoms with Gasteiger partial charge in [-0.1, -0.05) is 24.3 Å². The Hall–Kier alpha value is -2.96. The fourth-order valence-electron chi connectivity index (χ4n) is 3.57. The van der Waals surface area contributed by atoms with Crippen molar-refractivity contribution in [2.45, 2.75) is 25.4 Å². The van der Waals surface area contributed by atoms with Crippen molar-refractivity contribution in [1.82, 2.24) is 9.78 Å². The zero-order valence-corrected chi connectivity index (χ0v) is 15.4. The summed E-state index contributed by atoms with van der Waals surface area (Å²) >= 11 is 0. The Labute approximate surface area is 160 Å². The number of benzene rings is 2. The molecule has 2 aromatic carbocycles. The van der Waals surface area contributed by atoms with Crippen LogP contribution in [-0.4, -0.2) is 23.4 Å². The third-order valence-corrected chi connectivity index (χ3v) is 4.98. The molecule has 4 nitrogen and oxygen atoms in total. The van der Waals surface area contributed by atoms with Crippen LogP contribution in [0.4, 0.5) is 19.0 Å². The molecule has 1 N–H and O–H groups in total. The van der Waals surface area contributed by atoms with Crippen molar-refractivity contribution in [3.8, 4) is 11.4 Å². The van der Waals surface area contributed by atoms with E-state index < -0.39 is 11.7 Å². The van der Waals surface area contributed by atoms with Crippen LogP contribution in [0.3, 0.4) is 0 Å². The van der Waals surface area contributed by atoms with Gasteiger partial charge < -0.3 is 10.1 Å². The number of alkyl halides is 3. The summed E-state index contributed by atoms with van der Waals surface area (Å²) in [4.78, 5) is 0. The van der Waals surface area contributed by atoms with Gasteiger partial charge in [0.2, 0.25) is 0 Å². The maximum Gasteiger partial charge on any atom is 0.418 e. The standard InChI is InChI=1S/C21H20F3N3O/c1-28-15-9-6-14(7-10-15)8-11-18-16-12-13-25-20(16)27(26-18)19-5-3-2-4-17(19)21(22,23)24/h2-7,9-10,25H,8,11-13H2,1H3. The second kappa shape index (κ2) is 7.22. The van der Waals surface area contributed by atoms with Gasteiger partial charge in [0.15, 0.2) is 0 Å². The summed E-state index contributed by atoms with van der Waals surface area (Å²) in [5.41, 5.74) is 2.34. The fraction of sp³-hybridized carbons (Fsp3) is 0.286. The van der Waals surface area contributed by atoms with E-state index in [1.165, 1.54) is 16.8 Å². The first-order valence-electron chi connectivity index (χ1n) is 9.11. The summed E-state index contributed by atoms with van der Waals surface area (Å²) < 4.78 is 46.9. The average molecular weight is 387 g/mol. The molecule has 7 heteroatoms. The predicted molar refractivity (Wildman–Crippen MR) is 101 cm³/mol. The number of aromatic nitrogens is 2. The first-order valence-corrected chi connectivity index (χ1v) is 9.11. The summed E-state index contributed by atoms with van der Waals surface area (Å²) in [6, 6.07) is 13.3. The minimum Gasteiger partial charge on any atom is -0.497 e. The van der Waals surface area contributed by atoms with E-state index in [2.05, 4.69) is 10.4 Å². The van der Waals surface area contributed by atoms with Crippen molar-refractivity contribution < 1.29 is 17.9 Å². The average Bonchev–Trinajstić information content (AvgIpc) is 3.29. The summed E-state index contributed by atoms with van der Waals surface area (Å²) in [6.45, 7) is 0.705. The molecule has 0 aliphatic carbocycles. The Morgan fingerprint density at radius 2 is 1.82 bits per heavy atom. The van der Waals surface area contributed by atoms with E-state index in [1.54, 1.807) is 13.2 Å². The topological polar surface area (TPSA) is 39.1 Å². The van der Waals surface area contributed by atoms with E-state index in [4.69, 9.17) is 4.74 Å². The summed E-state index contributed by atoms with van der Waals surface area (Å²) in [5.74, 6) is 1.46. The largest absolute Gasteiger partial charge is 0.497 e. The van der Waals surface area contributed by atoms with Crippen molar-refractivity contribution in [2.24, 2.45) is 0 Å². The molecule has 0 saturated heterocycles. The number of aryl methyl sites for hydroxylation is 2. The highest BCUT2D eigenvalue weighted by atomic mass is 19.4. The molecule has 0 saturated carbocycles. The maximum absolute atomic E-state index is 13.5. The highest BCUT2D eigenvalue weighted by Crippen LogP contribution is 2.37. The van der Waals surface area contributed by atoms with E-state index >= 15 is 0 Å². The molecule has 0 atom stereocenters. The van der Waals surface area contributed by atoms with Crippen LogP contribution in [-0.2, 0) is 25.4 Å². The maximum atomic E-state index is 13.5. The van der Waals surface area contributed by atoms with Crippen LogP contribution in [0, 0.1) is 0 Å². The molecule has 1 aliphatic heterocycles. The summed E-state index contributed by atoms with van der Waals surface area (Å²) in [6.07, 6.45) is -2.25. The number of anilines is 1. The molecule has 2 heterocycles. The molecule has 1 aliphatic rings. The number of fused-ring (bicyclic) bond motifs is 1. The highest BCUT2D eigenvalue weighted by molar-refractivity contribution is 5.59. The Morgan fingerprint density at radius 3 is 2.54 bits per heavy atom. The number of ether oxygens (including phenoxy) is 1. The molecule has 28 heavy (non-hydrogen) atoms. The van der Waals surface area contributed by atoms with Crippen molar-refractivity contribution in [2.75, 3.05) is 19.0 Å². The molecule has 1 aromatic heterocycles. The minimum absolute atomic E-state index is 0.0522. The van der Waals surface area contributed by atoms with Gasteiger partial charge in [-0.3, -0.25) is 0 Å². The first-order chi connectivity index (χ1) is 13.5. The Kier molecular flexibility index (Phi) is 4.75. The smallest absolute Gasteiger partial charge is 0.418 e. The number of halogens is 3. The molecule has 0 fully saturated rings. The number of rotatable bonds is 5. The van der Waals surface area contributed by atoms with Crippen LogP contribution < -0.4 is 10.1 Å². The first kappa shape index (κ1) is 18.4. The van der Waals surface area contributed by atoms with E-state index in [-0.39, 0.29) is 5.69 Å². The summed E-state index contributed by atoms with van der Waals surface area (Å²) in [5, 5.41) is 7.75. The Balaban J connectivity index is 1.65. The zero-order chi connectivity index (χ0) is 19.7. The van der Waals surface area contributed by atoms with Gasteiger partial charge >= 0.3 is 6.18 Å². The van der Waals surface area contributed by atoms with E-state index in [1.807, 2.05) is 24.3 Å². The van der Waals surface area contributed by atoms with Gasteiger partial charge in [-0.15, -0.1) is 0 Å². The quantitative estimate of drug-likeness (QED) is 0.693. The van der Waals surface area contributed by atoms with Gasteiger partial charge in [-0.2, -0.15) is 18.3 Å². The zero-order valence-electron chi connectivity index (χ0n) is 15.4. The van der Waals surface area contributed by atoms with Crippen LogP contribution >= 0.6 is 0 Å². The molecule has 4 rings (SSSR count). The third kappa shape index (κ3) is 3.44. The highest BCUT2D eigenvalue weighted by Gasteiger charge is 2.35. The van der Waals surface area contributed by atoms with Gasteiger partial charge in [0, 0.05) is 12.1 Å². The second-order valence-electron chi connectivity index (χ2n) is 6.73. The number of hydrogen-bond donors (Lipinski definition) is 1. The van der Waals surface area contributed by atoms with Crippen LogP contribution in [0.25, 0.3) is 5.69 Å². The van der Waals surface area contributed by atoms with Crippen LogP contribution in [0.5, 0.6) is 5.75 Å². The molecule has 0 unspecified atom stereocenters. The fourth-order valence-corrected chi connectivity index (χ4v) is 3.57. The number of para-hydroxylation sites is 1. The van der Waals surface area contributed by atoms with Crippen LogP contribution in [0.15, 0.2) is 48.5 Å². The third-order valence-electron chi connectivity index (χ3n) is 4.98. The Bertz CT molecular complexity index is 978. The van der Waals surface area contributed by atoms with Crippen molar-refractivity contribution in [1.29, 1.82) is 0 Å². The molecular weight excluding hydrogens is 367 g/mol. The molecule has 0 radical (unpaired) electrons. The van der Waals surface area contributed by atoms with Gasteiger partial charge in [-0.05, 0) is 49.1 Å².